The molecule has 0 bridgehead atoms. The van der Waals surface area contributed by atoms with Crippen LogP contribution in [0.15, 0.2) is 31.8 Å². The van der Waals surface area contributed by atoms with Gasteiger partial charge in [0.25, 0.3) is 0 Å². The number of ether oxygens (including phenoxy) is 1. The standard InChI is InChI=1S/C22H21Br2FN2OS3/c1-2-3-4-5-6-7-12-28-22-18(14-9-11-16(24)30-14)21-20(26-31-27-21)17(19(22)25)13-8-10-15(23)29-13/h8-11H,2-7,12H2,1H3. The molecule has 1 aromatic carbocycles. The summed E-state index contributed by atoms with van der Waals surface area (Å²) in [5.74, 6) is -0.0808. The molecule has 0 aliphatic heterocycles. The number of thiophene rings is 2. The zero-order chi connectivity index (χ0) is 21.8. The minimum atomic E-state index is -0.361. The predicted octanol–water partition coefficient (Wildman–Crippen LogP) is 9.55. The second kappa shape index (κ2) is 10.8. The summed E-state index contributed by atoms with van der Waals surface area (Å²) >= 11 is 11.1. The Morgan fingerprint density at radius 2 is 1.42 bits per heavy atom. The fourth-order valence-electron chi connectivity index (χ4n) is 3.49. The van der Waals surface area contributed by atoms with Crippen LogP contribution in [0.4, 0.5) is 4.39 Å². The zero-order valence-corrected chi connectivity index (χ0v) is 22.5. The van der Waals surface area contributed by atoms with E-state index < -0.39 is 0 Å². The van der Waals surface area contributed by atoms with Gasteiger partial charge in [-0.25, -0.2) is 4.39 Å². The van der Waals surface area contributed by atoms with E-state index in [0.717, 1.165) is 41.9 Å². The maximum atomic E-state index is 16.0. The van der Waals surface area contributed by atoms with Crippen molar-refractivity contribution in [2.45, 2.75) is 45.4 Å². The van der Waals surface area contributed by atoms with E-state index in [9.17, 15) is 0 Å². The molecule has 0 spiro atoms. The molecule has 164 valence electrons. The van der Waals surface area contributed by atoms with Gasteiger partial charge >= 0.3 is 0 Å². The number of hydrogen-bond donors (Lipinski definition) is 0. The number of aromatic nitrogens is 2. The molecule has 0 aliphatic rings. The van der Waals surface area contributed by atoms with E-state index in [1.807, 2.05) is 24.3 Å². The Hall–Kier alpha value is -0.870. The van der Waals surface area contributed by atoms with Crippen LogP contribution in [0, 0.1) is 5.82 Å². The lowest BCUT2D eigenvalue weighted by Crippen LogP contribution is -2.03. The lowest BCUT2D eigenvalue weighted by Gasteiger charge is -2.15. The number of fused-ring (bicyclic) bond motifs is 1. The second-order valence-corrected chi connectivity index (χ2v) is 12.6. The van der Waals surface area contributed by atoms with E-state index in [1.54, 1.807) is 11.3 Å². The first kappa shape index (κ1) is 23.3. The first-order chi connectivity index (χ1) is 15.1. The third-order valence-corrected chi connectivity index (χ3v) is 8.80. The summed E-state index contributed by atoms with van der Waals surface area (Å²) in [5.41, 5.74) is 2.44. The maximum absolute atomic E-state index is 16.0. The summed E-state index contributed by atoms with van der Waals surface area (Å²) < 4.78 is 33.1. The summed E-state index contributed by atoms with van der Waals surface area (Å²) in [6.07, 6.45) is 6.92. The second-order valence-electron chi connectivity index (χ2n) is 7.18. The third-order valence-electron chi connectivity index (χ3n) is 4.99. The van der Waals surface area contributed by atoms with E-state index in [-0.39, 0.29) is 11.6 Å². The smallest absolute Gasteiger partial charge is 0.176 e. The fourth-order valence-corrected chi connectivity index (χ4v) is 6.91. The van der Waals surface area contributed by atoms with Gasteiger partial charge in [-0.3, -0.25) is 0 Å². The number of nitrogens with zero attached hydrogens (tertiary/aromatic N) is 2. The third kappa shape index (κ3) is 5.21. The average molecular weight is 604 g/mol. The van der Waals surface area contributed by atoms with Gasteiger partial charge in [0.2, 0.25) is 0 Å². The summed E-state index contributed by atoms with van der Waals surface area (Å²) in [6, 6.07) is 7.77. The Morgan fingerprint density at radius 1 is 0.839 bits per heavy atom. The minimum absolute atomic E-state index is 0.280. The number of unbranched alkanes of at least 4 members (excludes halogenated alkanes) is 5. The summed E-state index contributed by atoms with van der Waals surface area (Å²) in [4.78, 5) is 1.73. The molecule has 0 unspecified atom stereocenters. The van der Waals surface area contributed by atoms with Crippen molar-refractivity contribution >= 4 is 77.3 Å². The number of rotatable bonds is 10. The van der Waals surface area contributed by atoms with Crippen LogP contribution in [0.1, 0.15) is 45.4 Å². The van der Waals surface area contributed by atoms with Crippen LogP contribution in [-0.2, 0) is 0 Å². The Morgan fingerprint density at radius 3 is 2.03 bits per heavy atom. The van der Waals surface area contributed by atoms with Gasteiger partial charge in [-0.2, -0.15) is 8.75 Å². The quantitative estimate of drug-likeness (QED) is 0.169. The molecule has 3 heterocycles. The fraction of sp³-hybridized carbons (Fsp3) is 0.364. The highest BCUT2D eigenvalue weighted by molar-refractivity contribution is 9.11. The monoisotopic (exact) mass is 602 g/mol. The van der Waals surface area contributed by atoms with E-state index in [4.69, 9.17) is 4.74 Å². The van der Waals surface area contributed by atoms with Gasteiger partial charge in [-0.05, 0) is 62.5 Å². The minimum Gasteiger partial charge on any atom is -0.490 e. The van der Waals surface area contributed by atoms with Crippen LogP contribution >= 0.6 is 66.3 Å². The molecule has 0 atom stereocenters. The molecule has 9 heteroatoms. The van der Waals surface area contributed by atoms with Crippen LogP contribution in [-0.4, -0.2) is 15.4 Å². The highest BCUT2D eigenvalue weighted by Crippen LogP contribution is 2.48. The molecule has 3 nitrogen and oxygen atoms in total. The lowest BCUT2D eigenvalue weighted by atomic mass is 10.0. The van der Waals surface area contributed by atoms with Gasteiger partial charge < -0.3 is 4.74 Å². The van der Waals surface area contributed by atoms with E-state index >= 15 is 4.39 Å². The Bertz CT molecular complexity index is 1170. The number of benzene rings is 1. The van der Waals surface area contributed by atoms with Crippen LogP contribution in [0.25, 0.3) is 31.9 Å². The maximum Gasteiger partial charge on any atom is 0.176 e. The van der Waals surface area contributed by atoms with Crippen molar-refractivity contribution in [3.63, 3.8) is 0 Å². The first-order valence-corrected chi connectivity index (χ1v) is 14.2. The number of halogens is 3. The van der Waals surface area contributed by atoms with Crippen molar-refractivity contribution in [2.24, 2.45) is 0 Å². The lowest BCUT2D eigenvalue weighted by molar-refractivity contribution is 0.292. The van der Waals surface area contributed by atoms with Crippen molar-refractivity contribution in [1.82, 2.24) is 8.75 Å². The van der Waals surface area contributed by atoms with Crippen molar-refractivity contribution in [3.8, 4) is 26.6 Å². The van der Waals surface area contributed by atoms with Gasteiger partial charge in [0, 0.05) is 9.75 Å². The molecule has 31 heavy (non-hydrogen) atoms. The largest absolute Gasteiger partial charge is 0.490 e. The van der Waals surface area contributed by atoms with Crippen molar-refractivity contribution < 1.29 is 9.13 Å². The topological polar surface area (TPSA) is 35.0 Å². The zero-order valence-electron chi connectivity index (χ0n) is 16.9. The van der Waals surface area contributed by atoms with Crippen molar-refractivity contribution in [3.05, 3.63) is 37.7 Å². The predicted molar refractivity (Wildman–Crippen MR) is 138 cm³/mol. The van der Waals surface area contributed by atoms with Crippen molar-refractivity contribution in [1.29, 1.82) is 0 Å². The summed E-state index contributed by atoms with van der Waals surface area (Å²) in [7, 11) is 0. The van der Waals surface area contributed by atoms with Crippen LogP contribution in [0.3, 0.4) is 0 Å². The van der Waals surface area contributed by atoms with E-state index in [2.05, 4.69) is 47.5 Å². The highest BCUT2D eigenvalue weighted by atomic mass is 79.9. The molecular weight excluding hydrogens is 583 g/mol. The molecule has 0 fully saturated rings. The van der Waals surface area contributed by atoms with Gasteiger partial charge in [-0.1, -0.05) is 39.0 Å². The summed E-state index contributed by atoms with van der Waals surface area (Å²) in [6.45, 7) is 2.70. The Kier molecular flexibility index (Phi) is 8.14. The number of hydrogen-bond acceptors (Lipinski definition) is 6. The van der Waals surface area contributed by atoms with Crippen LogP contribution < -0.4 is 4.74 Å². The molecule has 0 saturated heterocycles. The molecule has 3 aromatic heterocycles. The average Bonchev–Trinajstić information content (AvgIpc) is 3.49. The van der Waals surface area contributed by atoms with Crippen LogP contribution in [0.5, 0.6) is 5.75 Å². The molecule has 0 amide bonds. The van der Waals surface area contributed by atoms with Gasteiger partial charge in [0.1, 0.15) is 11.0 Å². The summed E-state index contributed by atoms with van der Waals surface area (Å²) in [5, 5.41) is 0. The van der Waals surface area contributed by atoms with Crippen molar-refractivity contribution in [2.75, 3.05) is 6.61 Å². The molecule has 0 saturated carbocycles. The molecule has 4 rings (SSSR count). The van der Waals surface area contributed by atoms with E-state index in [1.165, 1.54) is 37.0 Å². The van der Waals surface area contributed by atoms with E-state index in [0.29, 0.717) is 28.8 Å². The Balaban J connectivity index is 1.73. The normalized spacial score (nSPS) is 11.5. The first-order valence-electron chi connectivity index (χ1n) is 10.2. The molecule has 0 N–H and O–H groups in total. The van der Waals surface area contributed by atoms with Gasteiger partial charge in [-0.15, -0.1) is 22.7 Å². The molecule has 4 aromatic rings. The Labute approximate surface area is 210 Å². The highest BCUT2D eigenvalue weighted by Gasteiger charge is 2.27. The van der Waals surface area contributed by atoms with Gasteiger partial charge in [0.15, 0.2) is 11.6 Å². The molecular formula is C22H21Br2FN2OS3. The molecule has 0 aliphatic carbocycles. The van der Waals surface area contributed by atoms with Crippen LogP contribution in [0.2, 0.25) is 0 Å². The molecule has 0 radical (unpaired) electrons. The SMILES string of the molecule is CCCCCCCCOc1c(F)c(-c2ccc(Br)s2)c2nsnc2c1-c1ccc(Br)s1. The van der Waals surface area contributed by atoms with Gasteiger partial charge in [0.05, 0.1) is 37.0 Å².